The average Bonchev–Trinajstić information content (AvgIpc) is 3.39. The number of aromatic hydroxyl groups is 1. The van der Waals surface area contributed by atoms with Crippen LogP contribution < -0.4 is 21.5 Å². The van der Waals surface area contributed by atoms with E-state index in [1.54, 1.807) is 12.1 Å². The summed E-state index contributed by atoms with van der Waals surface area (Å²) in [6, 6.07) is 3.27. The van der Waals surface area contributed by atoms with E-state index in [4.69, 9.17) is 9.15 Å². The maximum absolute atomic E-state index is 12.9. The van der Waals surface area contributed by atoms with E-state index in [2.05, 4.69) is 10.6 Å². The number of furan rings is 1. The fraction of sp³-hybridized carbons (Fsp3) is 0.400. The average molecular weight is 482 g/mol. The molecule has 1 atom stereocenters. The van der Waals surface area contributed by atoms with E-state index >= 15 is 0 Å². The van der Waals surface area contributed by atoms with Gasteiger partial charge >= 0.3 is 0 Å². The molecule has 3 N–H and O–H groups in total. The van der Waals surface area contributed by atoms with Gasteiger partial charge in [-0.25, -0.2) is 8.42 Å². The summed E-state index contributed by atoms with van der Waals surface area (Å²) in [5.41, 5.74) is -1.36. The predicted octanol–water partition coefficient (Wildman–Crippen LogP) is 2.28. The van der Waals surface area contributed by atoms with Crippen molar-refractivity contribution in [3.63, 3.8) is 0 Å². The number of hydrogen-bond acceptors (Lipinski definition) is 10. The summed E-state index contributed by atoms with van der Waals surface area (Å²) in [5, 5.41) is 17.7. The second kappa shape index (κ2) is 8.70. The Bertz CT molecular complexity index is 1300. The predicted molar refractivity (Wildman–Crippen MR) is 120 cm³/mol. The fourth-order valence-electron chi connectivity index (χ4n) is 3.48. The lowest BCUT2D eigenvalue weighted by atomic mass is 10.1. The first-order valence-electron chi connectivity index (χ1n) is 10.1. The molecular weight excluding hydrogens is 458 g/mol. The lowest BCUT2D eigenvalue weighted by Gasteiger charge is -2.25. The Morgan fingerprint density at radius 2 is 1.88 bits per heavy atom. The Morgan fingerprint density at radius 3 is 2.50 bits per heavy atom. The largest absolute Gasteiger partial charge is 0.504 e. The second-order valence-electron chi connectivity index (χ2n) is 7.39. The quantitative estimate of drug-likeness (QED) is 0.414. The van der Waals surface area contributed by atoms with Crippen LogP contribution in [0.25, 0.3) is 0 Å². The van der Waals surface area contributed by atoms with Crippen molar-refractivity contribution in [1.82, 2.24) is 4.31 Å². The van der Waals surface area contributed by atoms with Crippen molar-refractivity contribution in [2.75, 3.05) is 36.9 Å². The summed E-state index contributed by atoms with van der Waals surface area (Å²) < 4.78 is 37.5. The van der Waals surface area contributed by atoms with Crippen LogP contribution in [0.3, 0.4) is 0 Å². The molecule has 0 radical (unpaired) electrons. The van der Waals surface area contributed by atoms with E-state index < -0.39 is 26.6 Å². The molecule has 1 fully saturated rings. The van der Waals surface area contributed by atoms with Gasteiger partial charge in [-0.2, -0.15) is 4.31 Å². The molecule has 172 valence electrons. The van der Waals surface area contributed by atoms with Gasteiger partial charge in [0.05, 0.1) is 24.9 Å². The number of nitrogens with zero attached hydrogens (tertiary/aromatic N) is 1. The number of thiophene rings is 1. The summed E-state index contributed by atoms with van der Waals surface area (Å²) in [4.78, 5) is 24.4. The zero-order valence-corrected chi connectivity index (χ0v) is 19.1. The molecule has 1 saturated heterocycles. The van der Waals surface area contributed by atoms with Crippen molar-refractivity contribution in [1.29, 1.82) is 0 Å². The number of sulfonamides is 1. The third-order valence-electron chi connectivity index (χ3n) is 5.28. The Labute approximate surface area is 188 Å². The minimum absolute atomic E-state index is 0.0276. The summed E-state index contributed by atoms with van der Waals surface area (Å²) in [5.74, 6) is 0.858. The van der Waals surface area contributed by atoms with Gasteiger partial charge in [0.25, 0.3) is 20.9 Å². The zero-order chi connectivity index (χ0) is 23.0. The normalized spacial score (nSPS) is 16.3. The van der Waals surface area contributed by atoms with Crippen LogP contribution in [-0.2, 0) is 14.8 Å². The van der Waals surface area contributed by atoms with Gasteiger partial charge in [-0.1, -0.05) is 6.92 Å². The van der Waals surface area contributed by atoms with Crippen LogP contribution in [0.2, 0.25) is 0 Å². The van der Waals surface area contributed by atoms with E-state index in [0.29, 0.717) is 12.2 Å². The molecule has 4 rings (SSSR count). The summed E-state index contributed by atoms with van der Waals surface area (Å²) in [6.07, 6.45) is 0.594. The molecule has 2 aromatic heterocycles. The molecule has 3 heterocycles. The molecule has 1 aliphatic heterocycles. The van der Waals surface area contributed by atoms with Crippen molar-refractivity contribution in [2.24, 2.45) is 0 Å². The molecule has 3 aromatic rings. The molecule has 12 heteroatoms. The van der Waals surface area contributed by atoms with Crippen LogP contribution in [0.4, 0.5) is 17.1 Å². The first-order chi connectivity index (χ1) is 15.2. The van der Waals surface area contributed by atoms with Gasteiger partial charge < -0.3 is 24.9 Å². The number of rotatable bonds is 8. The van der Waals surface area contributed by atoms with Gasteiger partial charge in [0.15, 0.2) is 9.96 Å². The first kappa shape index (κ1) is 22.5. The number of aryl methyl sites for hydroxylation is 1. The van der Waals surface area contributed by atoms with E-state index in [1.807, 2.05) is 13.8 Å². The van der Waals surface area contributed by atoms with Gasteiger partial charge in [0.1, 0.15) is 22.9 Å². The number of hydrogen-bond donors (Lipinski definition) is 3. The van der Waals surface area contributed by atoms with E-state index in [0.717, 1.165) is 17.1 Å². The van der Waals surface area contributed by atoms with Gasteiger partial charge in [-0.15, -0.1) is 11.3 Å². The van der Waals surface area contributed by atoms with Gasteiger partial charge in [0.2, 0.25) is 0 Å². The smallest absolute Gasteiger partial charge is 0.256 e. The van der Waals surface area contributed by atoms with Crippen LogP contribution in [0.5, 0.6) is 5.75 Å². The minimum Gasteiger partial charge on any atom is -0.504 e. The molecule has 0 amide bonds. The molecular formula is C20H23N3O7S2. The van der Waals surface area contributed by atoms with Crippen LogP contribution >= 0.6 is 11.3 Å². The number of morpholine rings is 1. The Balaban J connectivity index is 1.58. The van der Waals surface area contributed by atoms with Crippen molar-refractivity contribution in [2.45, 2.75) is 30.5 Å². The molecule has 0 spiro atoms. The minimum atomic E-state index is -3.90. The zero-order valence-electron chi connectivity index (χ0n) is 17.5. The molecule has 1 aliphatic rings. The Morgan fingerprint density at radius 1 is 1.19 bits per heavy atom. The Kier molecular flexibility index (Phi) is 6.12. The van der Waals surface area contributed by atoms with Crippen LogP contribution in [0.1, 0.15) is 30.9 Å². The van der Waals surface area contributed by atoms with E-state index in [1.165, 1.54) is 9.69 Å². The molecule has 0 saturated carbocycles. The van der Waals surface area contributed by atoms with Crippen LogP contribution in [0.15, 0.2) is 35.7 Å². The highest BCUT2D eigenvalue weighted by Gasteiger charge is 2.33. The molecule has 1 aromatic carbocycles. The van der Waals surface area contributed by atoms with Crippen molar-refractivity contribution in [3.8, 4) is 5.75 Å². The van der Waals surface area contributed by atoms with Crippen molar-refractivity contribution in [3.05, 3.63) is 49.5 Å². The van der Waals surface area contributed by atoms with E-state index in [9.17, 15) is 23.1 Å². The number of anilines is 3. The third-order valence-corrected chi connectivity index (χ3v) is 8.67. The van der Waals surface area contributed by atoms with Crippen LogP contribution in [0, 0.1) is 6.92 Å². The maximum Gasteiger partial charge on any atom is 0.256 e. The number of ether oxygens (including phenoxy) is 1. The van der Waals surface area contributed by atoms with E-state index in [-0.39, 0.29) is 53.6 Å². The van der Waals surface area contributed by atoms with Gasteiger partial charge in [0, 0.05) is 18.5 Å². The molecule has 10 nitrogen and oxygen atoms in total. The lowest BCUT2D eigenvalue weighted by molar-refractivity contribution is 0.0730. The highest BCUT2D eigenvalue weighted by molar-refractivity contribution is 7.91. The summed E-state index contributed by atoms with van der Waals surface area (Å²) in [7, 11) is -3.90. The molecule has 32 heavy (non-hydrogen) atoms. The highest BCUT2D eigenvalue weighted by Crippen LogP contribution is 2.41. The second-order valence-corrected chi connectivity index (χ2v) is 10.4. The summed E-state index contributed by atoms with van der Waals surface area (Å²) >= 11 is 0.837. The third kappa shape index (κ3) is 3.94. The SMILES string of the molecule is CC[C@@H](Nc1c(Nc2csc(S(=O)(=O)N3CCOCC3)c2O)c(=O)c1=O)c1ccc(C)o1. The van der Waals surface area contributed by atoms with Crippen LogP contribution in [-0.4, -0.2) is 44.1 Å². The highest BCUT2D eigenvalue weighted by atomic mass is 32.2. The Hall–Kier alpha value is -2.67. The standard InChI is InChI=1S/C20H23N3O7S2/c1-3-12(14-5-4-11(2)30-14)21-15-16(19(26)18(15)25)22-13-10-31-20(17(13)24)32(27,28)23-6-8-29-9-7-23/h4-5,10,12,21-22,24H,3,6-9H2,1-2H3/t12-/m1/s1. The van der Waals surface area contributed by atoms with Gasteiger partial charge in [-0.3, -0.25) is 9.59 Å². The number of nitrogens with one attached hydrogen (secondary N) is 2. The van der Waals surface area contributed by atoms with Gasteiger partial charge in [-0.05, 0) is 25.5 Å². The molecule has 0 unspecified atom stereocenters. The van der Waals surface area contributed by atoms with Crippen molar-refractivity contribution < 1.29 is 22.7 Å². The molecule has 0 aliphatic carbocycles. The molecule has 0 bridgehead atoms. The first-order valence-corrected chi connectivity index (χ1v) is 12.4. The summed E-state index contributed by atoms with van der Waals surface area (Å²) in [6.45, 7) is 4.66. The fourth-order valence-corrected chi connectivity index (χ4v) is 6.27. The monoisotopic (exact) mass is 481 g/mol. The topological polar surface area (TPSA) is 138 Å². The maximum atomic E-state index is 12.9. The van der Waals surface area contributed by atoms with Crippen molar-refractivity contribution >= 4 is 38.4 Å². The lowest BCUT2D eigenvalue weighted by Crippen LogP contribution is -2.40.